The molecule has 1 aromatic heterocycles. The highest BCUT2D eigenvalue weighted by atomic mass is 32.1. The molecule has 45 heavy (non-hydrogen) atoms. The number of carboxylic acid groups (broad SMARTS) is 1. The summed E-state index contributed by atoms with van der Waals surface area (Å²) in [4.78, 5) is 24.9. The number of alkyl halides is 3. The van der Waals surface area contributed by atoms with E-state index in [1.54, 1.807) is 18.2 Å². The number of aromatic nitrogens is 1. The van der Waals surface area contributed by atoms with Gasteiger partial charge in [-0.05, 0) is 95.8 Å². The average molecular weight is 633 g/mol. The van der Waals surface area contributed by atoms with Gasteiger partial charge in [-0.25, -0.2) is 4.79 Å². The lowest BCUT2D eigenvalue weighted by atomic mass is 9.96. The molecule has 232 valence electrons. The van der Waals surface area contributed by atoms with Crippen molar-refractivity contribution in [3.63, 3.8) is 0 Å². The summed E-state index contributed by atoms with van der Waals surface area (Å²) in [6.45, 7) is 4.63. The molecule has 0 unspecified atom stereocenters. The summed E-state index contributed by atoms with van der Waals surface area (Å²) < 4.78 is 43.8. The van der Waals surface area contributed by atoms with Crippen molar-refractivity contribution in [3.8, 4) is 16.9 Å². The molecule has 2 N–H and O–H groups in total. The SMILES string of the molecule is Cc1c(C)n(Cc2ccc(-c3ccc(CCS)cc3C(=O)O)cc2)c2ccc(C(=O)NCc3cccc(OC(F)(F)F)c3)cc12. The van der Waals surface area contributed by atoms with Crippen LogP contribution in [0.5, 0.6) is 5.75 Å². The van der Waals surface area contributed by atoms with Crippen LogP contribution in [0.25, 0.3) is 22.0 Å². The number of fused-ring (bicyclic) bond motifs is 1. The number of aryl methyl sites for hydroxylation is 2. The van der Waals surface area contributed by atoms with Crippen LogP contribution >= 0.6 is 12.6 Å². The standard InChI is InChI=1S/C35H31F3N2O4S/c1-21-22(2)40(20-24-6-9-26(10-7-24)29-12-8-23(14-15-45)17-31(29)34(42)43)32-13-11-27(18-30(21)32)33(41)39-19-25-4-3-5-28(16-25)44-35(36,37)38/h3-13,16-18,45H,14-15,19-20H2,1-2H3,(H,39,41)(H,42,43). The van der Waals surface area contributed by atoms with Gasteiger partial charge in [0.05, 0.1) is 5.56 Å². The van der Waals surface area contributed by atoms with Gasteiger partial charge in [-0.15, -0.1) is 13.2 Å². The van der Waals surface area contributed by atoms with Crippen LogP contribution in [0, 0.1) is 13.8 Å². The predicted molar refractivity (Wildman–Crippen MR) is 171 cm³/mol. The predicted octanol–water partition coefficient (Wildman–Crippen LogP) is 7.97. The summed E-state index contributed by atoms with van der Waals surface area (Å²) in [6, 6.07) is 24.2. The molecule has 0 bridgehead atoms. The number of carbonyl (C=O) groups excluding carboxylic acids is 1. The molecule has 0 radical (unpaired) electrons. The Bertz CT molecular complexity index is 1880. The second-order valence-corrected chi connectivity index (χ2v) is 11.2. The van der Waals surface area contributed by atoms with Gasteiger partial charge in [0, 0.05) is 35.2 Å². The first-order valence-corrected chi connectivity index (χ1v) is 14.9. The Kier molecular flexibility index (Phi) is 9.24. The van der Waals surface area contributed by atoms with Crippen LogP contribution in [0.15, 0.2) is 84.9 Å². The molecule has 10 heteroatoms. The maximum Gasteiger partial charge on any atom is 0.573 e. The van der Waals surface area contributed by atoms with Crippen LogP contribution in [0.3, 0.4) is 0 Å². The lowest BCUT2D eigenvalue weighted by Gasteiger charge is -2.12. The number of nitrogens with one attached hydrogen (secondary N) is 1. The summed E-state index contributed by atoms with van der Waals surface area (Å²) in [7, 11) is 0. The van der Waals surface area contributed by atoms with Crippen molar-refractivity contribution < 1.29 is 32.6 Å². The first-order valence-electron chi connectivity index (χ1n) is 14.2. The van der Waals surface area contributed by atoms with E-state index >= 15 is 0 Å². The Hall–Kier alpha value is -4.70. The molecular weight excluding hydrogens is 601 g/mol. The number of benzene rings is 4. The summed E-state index contributed by atoms with van der Waals surface area (Å²) in [5, 5.41) is 13.5. The number of nitrogens with zero attached hydrogens (tertiary/aromatic N) is 1. The maximum absolute atomic E-state index is 13.0. The molecule has 0 aliphatic carbocycles. The summed E-state index contributed by atoms with van der Waals surface area (Å²) >= 11 is 4.25. The number of halogens is 3. The second-order valence-electron chi connectivity index (χ2n) is 10.8. The minimum absolute atomic E-state index is 0.0364. The highest BCUT2D eigenvalue weighted by Crippen LogP contribution is 2.30. The number of rotatable bonds is 10. The maximum atomic E-state index is 13.0. The van der Waals surface area contributed by atoms with Gasteiger partial charge in [0.2, 0.25) is 0 Å². The van der Waals surface area contributed by atoms with Gasteiger partial charge in [0.25, 0.3) is 5.91 Å². The third-order valence-corrected chi connectivity index (χ3v) is 8.03. The van der Waals surface area contributed by atoms with Crippen LogP contribution in [0.1, 0.15) is 48.7 Å². The molecular formula is C35H31F3N2O4S. The van der Waals surface area contributed by atoms with Crippen molar-refractivity contribution >= 4 is 35.4 Å². The van der Waals surface area contributed by atoms with E-state index in [-0.39, 0.29) is 23.8 Å². The molecule has 6 nitrogen and oxygen atoms in total. The molecule has 5 rings (SSSR count). The zero-order valence-electron chi connectivity index (χ0n) is 24.6. The number of thiol groups is 1. The third-order valence-electron chi connectivity index (χ3n) is 7.81. The van der Waals surface area contributed by atoms with Gasteiger partial charge in [-0.3, -0.25) is 4.79 Å². The van der Waals surface area contributed by atoms with Crippen molar-refractivity contribution in [2.24, 2.45) is 0 Å². The zero-order valence-corrected chi connectivity index (χ0v) is 25.5. The Morgan fingerprint density at radius 2 is 1.64 bits per heavy atom. The van der Waals surface area contributed by atoms with Gasteiger partial charge in [0.1, 0.15) is 5.75 Å². The number of carboxylic acids is 1. The van der Waals surface area contributed by atoms with E-state index < -0.39 is 12.3 Å². The minimum atomic E-state index is -4.79. The normalized spacial score (nSPS) is 11.5. The fourth-order valence-corrected chi connectivity index (χ4v) is 5.67. The fourth-order valence-electron chi connectivity index (χ4n) is 5.41. The number of carbonyl (C=O) groups is 2. The van der Waals surface area contributed by atoms with E-state index in [0.717, 1.165) is 38.9 Å². The van der Waals surface area contributed by atoms with Gasteiger partial charge < -0.3 is 19.7 Å². The number of aromatic carboxylic acids is 1. The van der Waals surface area contributed by atoms with Gasteiger partial charge in [-0.2, -0.15) is 12.6 Å². The van der Waals surface area contributed by atoms with Gasteiger partial charge in [0.15, 0.2) is 0 Å². The van der Waals surface area contributed by atoms with Crippen LogP contribution in [0.2, 0.25) is 0 Å². The molecule has 0 atom stereocenters. The molecule has 4 aromatic carbocycles. The van der Waals surface area contributed by atoms with Gasteiger partial charge >= 0.3 is 12.3 Å². The van der Waals surface area contributed by atoms with E-state index in [1.807, 2.05) is 62.4 Å². The van der Waals surface area contributed by atoms with Crippen LogP contribution in [0.4, 0.5) is 13.2 Å². The first-order chi connectivity index (χ1) is 21.4. The smallest absolute Gasteiger partial charge is 0.478 e. The number of ether oxygens (including phenoxy) is 1. The van der Waals surface area contributed by atoms with Crippen molar-refractivity contribution in [2.45, 2.75) is 39.7 Å². The lowest BCUT2D eigenvalue weighted by molar-refractivity contribution is -0.274. The molecule has 0 fully saturated rings. The van der Waals surface area contributed by atoms with Crippen molar-refractivity contribution in [3.05, 3.63) is 124 Å². The zero-order chi connectivity index (χ0) is 32.3. The van der Waals surface area contributed by atoms with Crippen LogP contribution < -0.4 is 10.1 Å². The van der Waals surface area contributed by atoms with Gasteiger partial charge in [-0.1, -0.05) is 48.5 Å². The highest BCUT2D eigenvalue weighted by Gasteiger charge is 2.31. The van der Waals surface area contributed by atoms with E-state index in [4.69, 9.17) is 0 Å². The van der Waals surface area contributed by atoms with Crippen LogP contribution in [-0.2, 0) is 19.5 Å². The van der Waals surface area contributed by atoms with E-state index in [9.17, 15) is 27.9 Å². The summed E-state index contributed by atoms with van der Waals surface area (Å²) in [6.07, 6.45) is -4.10. The Morgan fingerprint density at radius 3 is 2.33 bits per heavy atom. The fraction of sp³-hybridized carbons (Fsp3) is 0.200. The molecule has 0 saturated carbocycles. The lowest BCUT2D eigenvalue weighted by Crippen LogP contribution is -2.23. The highest BCUT2D eigenvalue weighted by molar-refractivity contribution is 7.80. The average Bonchev–Trinajstić information content (AvgIpc) is 3.24. The molecule has 1 amide bonds. The molecule has 0 aliphatic rings. The van der Waals surface area contributed by atoms with Crippen molar-refractivity contribution in [2.75, 3.05) is 5.75 Å². The second kappa shape index (κ2) is 13.1. The Labute approximate surface area is 263 Å². The largest absolute Gasteiger partial charge is 0.573 e. The summed E-state index contributed by atoms with van der Waals surface area (Å²) in [5.41, 5.74) is 7.62. The minimum Gasteiger partial charge on any atom is -0.478 e. The molecule has 0 spiro atoms. The van der Waals surface area contributed by atoms with Crippen molar-refractivity contribution in [1.29, 1.82) is 0 Å². The topological polar surface area (TPSA) is 80.6 Å². The quantitative estimate of drug-likeness (QED) is 0.137. The number of amides is 1. The monoisotopic (exact) mass is 632 g/mol. The Morgan fingerprint density at radius 1 is 0.911 bits per heavy atom. The number of hydrogen-bond donors (Lipinski definition) is 3. The van der Waals surface area contributed by atoms with E-state index in [2.05, 4.69) is 27.2 Å². The summed E-state index contributed by atoms with van der Waals surface area (Å²) in [5.74, 6) is -1.03. The van der Waals surface area contributed by atoms with E-state index in [0.29, 0.717) is 35.4 Å². The van der Waals surface area contributed by atoms with Crippen LogP contribution in [-0.4, -0.2) is 33.7 Å². The van der Waals surface area contributed by atoms with E-state index in [1.165, 1.54) is 18.2 Å². The van der Waals surface area contributed by atoms with Crippen molar-refractivity contribution in [1.82, 2.24) is 9.88 Å². The Balaban J connectivity index is 1.32. The number of hydrogen-bond acceptors (Lipinski definition) is 4. The first kappa shape index (κ1) is 31.7. The molecule has 0 aliphatic heterocycles. The molecule has 1 heterocycles. The molecule has 5 aromatic rings. The third kappa shape index (κ3) is 7.34. The molecule has 0 saturated heterocycles.